The normalized spacial score (nSPS) is 11.9. The molecule has 0 radical (unpaired) electrons. The summed E-state index contributed by atoms with van der Waals surface area (Å²) in [7, 11) is 2.92. The van der Waals surface area contributed by atoms with E-state index in [1.165, 1.54) is 0 Å². The molecule has 0 aliphatic carbocycles. The summed E-state index contributed by atoms with van der Waals surface area (Å²) in [4.78, 5) is 26.4. The molecule has 0 aromatic carbocycles. The second kappa shape index (κ2) is 4.82. The van der Waals surface area contributed by atoms with Crippen molar-refractivity contribution < 1.29 is 28.7 Å². The van der Waals surface area contributed by atoms with E-state index in [0.717, 1.165) is 0 Å². The maximum atomic E-state index is 8.88. The van der Waals surface area contributed by atoms with Gasteiger partial charge in [-0.15, -0.1) is 0 Å². The Morgan fingerprint density at radius 1 is 1.18 bits per heavy atom. The Hall–Kier alpha value is 0.0300. The van der Waals surface area contributed by atoms with Gasteiger partial charge in [-0.05, 0) is 0 Å². The summed E-state index contributed by atoms with van der Waals surface area (Å²) in [5.74, 6) is 0. The Labute approximate surface area is 65.8 Å². The van der Waals surface area contributed by atoms with Crippen molar-refractivity contribution >= 4 is 7.82 Å². The molecule has 3 N–H and O–H groups in total. The van der Waals surface area contributed by atoms with Crippen LogP contribution >= 0.6 is 7.82 Å². The van der Waals surface area contributed by atoms with Crippen LogP contribution in [0.15, 0.2) is 0 Å². The Bertz CT molecular complexity index is 128. The van der Waals surface area contributed by atoms with Crippen molar-refractivity contribution in [3.63, 3.8) is 0 Å². The first-order valence-corrected chi connectivity index (χ1v) is 4.28. The average molecular weight is 188 g/mol. The summed E-state index contributed by atoms with van der Waals surface area (Å²) in [6.45, 7) is 0. The summed E-state index contributed by atoms with van der Waals surface area (Å²) in [6.07, 6.45) is 0. The molecule has 0 spiro atoms. The van der Waals surface area contributed by atoms with Crippen LogP contribution in [0, 0.1) is 0 Å². The van der Waals surface area contributed by atoms with E-state index < -0.39 is 7.82 Å². The lowest BCUT2D eigenvalue weighted by Gasteiger charge is -2.17. The highest BCUT2D eigenvalue weighted by molar-refractivity contribution is 7.45. The maximum absolute atomic E-state index is 8.88. The number of phosphoric acid groups is 1. The van der Waals surface area contributed by atoms with E-state index in [4.69, 9.17) is 24.1 Å². The number of nitrogens with zero attached hydrogens (tertiary/aromatic N) is 1. The molecule has 0 bridgehead atoms. The van der Waals surface area contributed by atoms with Gasteiger partial charge in [-0.25, -0.2) is 9.40 Å². The first-order chi connectivity index (χ1) is 4.56. The molecular formula is C4H15NO5P+. The molecule has 0 unspecified atom stereocenters. The number of hydrogen-bond donors (Lipinski definition) is 3. The second-order valence-corrected chi connectivity index (χ2v) is 3.61. The van der Waals surface area contributed by atoms with Crippen LogP contribution in [0.5, 0.6) is 0 Å². The quantitative estimate of drug-likeness (QED) is 0.288. The highest BCUT2D eigenvalue weighted by atomic mass is 31.2. The minimum Gasteiger partial charge on any atom is -0.303 e. The van der Waals surface area contributed by atoms with Gasteiger partial charge >= 0.3 is 7.82 Å². The summed E-state index contributed by atoms with van der Waals surface area (Å²) < 4.78 is 9.45. The first kappa shape index (κ1) is 13.6. The molecule has 0 rings (SSSR count). The molecule has 0 aliphatic heterocycles. The molecule has 7 heteroatoms. The monoisotopic (exact) mass is 188 g/mol. The van der Waals surface area contributed by atoms with Crippen LogP contribution < -0.4 is 0 Å². The molecule has 0 saturated carbocycles. The lowest BCUT2D eigenvalue weighted by atomic mass is 10.9. The number of hydrogen-bond acceptors (Lipinski definition) is 2. The van der Waals surface area contributed by atoms with Gasteiger partial charge in [0.1, 0.15) is 0 Å². The molecule has 70 valence electrons. The standard InChI is InChI=1S/C4H12NO.H3O4P/c1-5(2,3)6-4;1-5(2,3)4/h1-4H3;(H3,1,2,3,4)/q+1;. The summed E-state index contributed by atoms with van der Waals surface area (Å²) >= 11 is 0. The third kappa shape index (κ3) is 70.4. The van der Waals surface area contributed by atoms with Crippen LogP contribution in [-0.4, -0.2) is 47.6 Å². The van der Waals surface area contributed by atoms with E-state index in [1.807, 2.05) is 21.1 Å². The van der Waals surface area contributed by atoms with Gasteiger partial charge < -0.3 is 14.7 Å². The molecule has 0 aromatic rings. The maximum Gasteiger partial charge on any atom is 0.466 e. The second-order valence-electron chi connectivity index (χ2n) is 2.59. The van der Waals surface area contributed by atoms with Crippen molar-refractivity contribution in [1.82, 2.24) is 0 Å². The van der Waals surface area contributed by atoms with Crippen LogP contribution in [0.1, 0.15) is 0 Å². The predicted octanol–water partition coefficient (Wildman–Crippen LogP) is -0.675. The van der Waals surface area contributed by atoms with Gasteiger partial charge in [0.15, 0.2) is 0 Å². The van der Waals surface area contributed by atoms with Gasteiger partial charge in [0.2, 0.25) is 0 Å². The van der Waals surface area contributed by atoms with E-state index >= 15 is 0 Å². The van der Waals surface area contributed by atoms with Crippen LogP contribution in [-0.2, 0) is 9.40 Å². The van der Waals surface area contributed by atoms with Crippen LogP contribution in [0.4, 0.5) is 0 Å². The third-order valence-corrected chi connectivity index (χ3v) is 0.548. The van der Waals surface area contributed by atoms with Gasteiger partial charge in [0, 0.05) is 0 Å². The Balaban J connectivity index is 0. The van der Waals surface area contributed by atoms with E-state index in [1.54, 1.807) is 7.11 Å². The molecule has 0 amide bonds. The molecule has 0 fully saturated rings. The minimum atomic E-state index is -4.64. The molecule has 0 aromatic heterocycles. The summed E-state index contributed by atoms with van der Waals surface area (Å²) in [5, 5.41) is 0. The molecule has 11 heavy (non-hydrogen) atoms. The fraction of sp³-hybridized carbons (Fsp3) is 1.00. The topological polar surface area (TPSA) is 87.0 Å². The Kier molecular flexibility index (Phi) is 5.96. The van der Waals surface area contributed by atoms with Gasteiger partial charge in [0.25, 0.3) is 0 Å². The van der Waals surface area contributed by atoms with E-state index in [9.17, 15) is 0 Å². The third-order valence-electron chi connectivity index (χ3n) is 0.548. The van der Waals surface area contributed by atoms with Crippen molar-refractivity contribution in [1.29, 1.82) is 0 Å². The number of rotatable bonds is 1. The lowest BCUT2D eigenvalue weighted by Crippen LogP contribution is -2.32. The van der Waals surface area contributed by atoms with Crippen molar-refractivity contribution in [2.24, 2.45) is 0 Å². The van der Waals surface area contributed by atoms with E-state index in [2.05, 4.69) is 0 Å². The van der Waals surface area contributed by atoms with Crippen LogP contribution in [0.3, 0.4) is 0 Å². The summed E-state index contributed by atoms with van der Waals surface area (Å²) in [6, 6.07) is 0. The van der Waals surface area contributed by atoms with Crippen molar-refractivity contribution in [2.45, 2.75) is 0 Å². The lowest BCUT2D eigenvalue weighted by molar-refractivity contribution is -1.06. The van der Waals surface area contributed by atoms with Crippen LogP contribution in [0.25, 0.3) is 0 Å². The van der Waals surface area contributed by atoms with Crippen molar-refractivity contribution in [3.05, 3.63) is 0 Å². The zero-order valence-corrected chi connectivity index (χ0v) is 7.95. The Morgan fingerprint density at radius 2 is 1.27 bits per heavy atom. The molecule has 0 atom stereocenters. The van der Waals surface area contributed by atoms with Gasteiger partial charge in [-0.1, -0.05) is 0 Å². The average Bonchev–Trinajstić information content (AvgIpc) is 1.59. The highest BCUT2D eigenvalue weighted by Gasteiger charge is 2.00. The Morgan fingerprint density at radius 3 is 1.27 bits per heavy atom. The highest BCUT2D eigenvalue weighted by Crippen LogP contribution is 2.25. The SMILES string of the molecule is CO[N+](C)(C)C.O=P(O)(O)O. The first-order valence-electron chi connectivity index (χ1n) is 2.72. The fourth-order valence-electron chi connectivity index (χ4n) is 0. The van der Waals surface area contributed by atoms with E-state index in [0.29, 0.717) is 4.65 Å². The van der Waals surface area contributed by atoms with E-state index in [-0.39, 0.29) is 0 Å². The zero-order chi connectivity index (χ0) is 9.71. The minimum absolute atomic E-state index is 0.569. The molecule has 0 aliphatic rings. The summed E-state index contributed by atoms with van der Waals surface area (Å²) in [5.41, 5.74) is 0. The van der Waals surface area contributed by atoms with Crippen LogP contribution in [0.2, 0.25) is 0 Å². The van der Waals surface area contributed by atoms with Gasteiger partial charge in [0.05, 0.1) is 28.3 Å². The molecule has 0 heterocycles. The largest absolute Gasteiger partial charge is 0.466 e. The molecule has 0 saturated heterocycles. The fourth-order valence-corrected chi connectivity index (χ4v) is 0. The predicted molar refractivity (Wildman–Crippen MR) is 39.3 cm³/mol. The van der Waals surface area contributed by atoms with Gasteiger partial charge in [-0.3, -0.25) is 0 Å². The zero-order valence-electron chi connectivity index (χ0n) is 7.05. The number of hydroxylamine groups is 3. The molecular weight excluding hydrogens is 173 g/mol. The smallest absolute Gasteiger partial charge is 0.303 e. The number of quaternary nitrogens is 1. The van der Waals surface area contributed by atoms with Crippen molar-refractivity contribution in [3.8, 4) is 0 Å². The van der Waals surface area contributed by atoms with Crippen molar-refractivity contribution in [2.75, 3.05) is 28.3 Å². The van der Waals surface area contributed by atoms with Gasteiger partial charge in [-0.2, -0.15) is 4.65 Å². The molecule has 6 nitrogen and oxygen atoms in total.